The van der Waals surface area contributed by atoms with Crippen molar-refractivity contribution in [2.24, 2.45) is 0 Å². The molecule has 0 saturated carbocycles. The Morgan fingerprint density at radius 2 is 2.08 bits per heavy atom. The maximum atomic E-state index is 2.36. The first kappa shape index (κ1) is 8.86. The molecule has 1 aromatic rings. The maximum absolute atomic E-state index is 2.36. The van der Waals surface area contributed by atoms with Gasteiger partial charge in [-0.15, -0.1) is 0 Å². The number of benzene rings is 1. The van der Waals surface area contributed by atoms with Gasteiger partial charge < -0.3 is 0 Å². The Bertz CT molecular complexity index is 328. The molecule has 68 valence electrons. The summed E-state index contributed by atoms with van der Waals surface area (Å²) in [6.45, 7) is 6.84. The van der Waals surface area contributed by atoms with E-state index in [9.17, 15) is 0 Å². The Balaban J connectivity index is 2.47. The molecule has 0 saturated heterocycles. The van der Waals surface area contributed by atoms with Gasteiger partial charge in [-0.3, -0.25) is 0 Å². The predicted octanol–water partition coefficient (Wildman–Crippen LogP) is 2.60. The van der Waals surface area contributed by atoms with Crippen LogP contribution in [0.25, 0.3) is 0 Å². The Hall–Kier alpha value is -0.715. The van der Waals surface area contributed by atoms with Gasteiger partial charge in [-0.05, 0) is 42.5 Å². The second-order valence-corrected chi connectivity index (χ2v) is 4.49. The molecule has 2 rings (SSSR count). The van der Waals surface area contributed by atoms with E-state index in [1.807, 2.05) is 0 Å². The third-order valence-corrected chi connectivity index (χ3v) is 3.42. The van der Waals surface area contributed by atoms with Gasteiger partial charge in [-0.25, -0.2) is 0 Å². The lowest BCUT2D eigenvalue weighted by molar-refractivity contribution is 0.856. The van der Waals surface area contributed by atoms with Crippen LogP contribution in [-0.4, -0.2) is 7.28 Å². The van der Waals surface area contributed by atoms with Crippen molar-refractivity contribution < 1.29 is 0 Å². The van der Waals surface area contributed by atoms with Gasteiger partial charge in [0.05, 0.1) is 0 Å². The van der Waals surface area contributed by atoms with Crippen LogP contribution in [0.1, 0.15) is 29.2 Å². The highest BCUT2D eigenvalue weighted by Crippen LogP contribution is 2.27. The summed E-state index contributed by atoms with van der Waals surface area (Å²) in [5.74, 6) is 0.884. The van der Waals surface area contributed by atoms with Crippen molar-refractivity contribution in [3.63, 3.8) is 0 Å². The zero-order valence-corrected chi connectivity index (χ0v) is 8.85. The predicted molar refractivity (Wildman–Crippen MR) is 59.9 cm³/mol. The maximum Gasteiger partial charge on any atom is 0.129 e. The lowest BCUT2D eigenvalue weighted by Crippen LogP contribution is -2.17. The molecule has 0 nitrogen and oxygen atoms in total. The van der Waals surface area contributed by atoms with Crippen molar-refractivity contribution in [1.29, 1.82) is 0 Å². The van der Waals surface area contributed by atoms with E-state index < -0.39 is 0 Å². The van der Waals surface area contributed by atoms with Gasteiger partial charge in [0.2, 0.25) is 0 Å². The average Bonchev–Trinajstić information content (AvgIpc) is 2.12. The summed E-state index contributed by atoms with van der Waals surface area (Å²) in [6.07, 6.45) is 2.58. The van der Waals surface area contributed by atoms with Crippen LogP contribution in [0.15, 0.2) is 12.1 Å². The fourth-order valence-corrected chi connectivity index (χ4v) is 2.34. The van der Waals surface area contributed by atoms with Crippen molar-refractivity contribution in [2.45, 2.75) is 39.3 Å². The molecule has 0 aromatic heterocycles. The van der Waals surface area contributed by atoms with Gasteiger partial charge in [-0.1, -0.05) is 31.2 Å². The zero-order valence-electron chi connectivity index (χ0n) is 8.85. The molecule has 1 atom stereocenters. The minimum Gasteiger partial charge on any atom is -0.0690 e. The number of rotatable bonds is 0. The number of aryl methyl sites for hydroxylation is 1. The highest BCUT2D eigenvalue weighted by molar-refractivity contribution is 6.37. The molecular weight excluding hydrogens is 155 g/mol. The van der Waals surface area contributed by atoms with E-state index in [1.165, 1.54) is 31.1 Å². The molecule has 0 aliphatic carbocycles. The minimum absolute atomic E-state index is 0.884. The van der Waals surface area contributed by atoms with Gasteiger partial charge in [-0.2, -0.15) is 0 Å². The SMILES string of the molecule is Cc1ccc2c(c1C)CBC(C)C2. The second-order valence-electron chi connectivity index (χ2n) is 4.49. The molecule has 1 unspecified atom stereocenters. The van der Waals surface area contributed by atoms with Crippen LogP contribution in [0.3, 0.4) is 0 Å². The molecule has 1 aliphatic rings. The minimum atomic E-state index is 0.884. The van der Waals surface area contributed by atoms with E-state index in [4.69, 9.17) is 0 Å². The van der Waals surface area contributed by atoms with E-state index >= 15 is 0 Å². The van der Waals surface area contributed by atoms with E-state index in [-0.39, 0.29) is 0 Å². The van der Waals surface area contributed by atoms with Gasteiger partial charge in [0, 0.05) is 0 Å². The fraction of sp³-hybridized carbons (Fsp3) is 0.500. The quantitative estimate of drug-likeness (QED) is 0.527. The molecule has 1 heterocycles. The van der Waals surface area contributed by atoms with E-state index in [0.717, 1.165) is 5.82 Å². The van der Waals surface area contributed by atoms with Gasteiger partial charge in [0.25, 0.3) is 0 Å². The van der Waals surface area contributed by atoms with Crippen LogP contribution in [-0.2, 0) is 12.7 Å². The number of hydrogen-bond acceptors (Lipinski definition) is 0. The van der Waals surface area contributed by atoms with Gasteiger partial charge in [0.15, 0.2) is 0 Å². The lowest BCUT2D eigenvalue weighted by Gasteiger charge is -2.23. The molecule has 0 radical (unpaired) electrons. The largest absolute Gasteiger partial charge is 0.129 e. The molecule has 0 spiro atoms. The molecule has 0 bridgehead atoms. The van der Waals surface area contributed by atoms with Crippen LogP contribution >= 0.6 is 0 Å². The Labute approximate surface area is 81.6 Å². The molecule has 1 aliphatic heterocycles. The first-order chi connectivity index (χ1) is 6.18. The third kappa shape index (κ3) is 1.52. The van der Waals surface area contributed by atoms with Crippen molar-refractivity contribution in [2.75, 3.05) is 0 Å². The van der Waals surface area contributed by atoms with Crippen LogP contribution in [0.2, 0.25) is 5.82 Å². The van der Waals surface area contributed by atoms with Crippen molar-refractivity contribution in [3.8, 4) is 0 Å². The fourth-order valence-electron chi connectivity index (χ4n) is 2.34. The highest BCUT2D eigenvalue weighted by Gasteiger charge is 2.17. The summed E-state index contributed by atoms with van der Waals surface area (Å²) in [6, 6.07) is 4.60. The van der Waals surface area contributed by atoms with E-state index in [1.54, 1.807) is 11.1 Å². The molecule has 0 amide bonds. The van der Waals surface area contributed by atoms with Crippen molar-refractivity contribution >= 4 is 7.28 Å². The highest BCUT2D eigenvalue weighted by atomic mass is 14.1. The van der Waals surface area contributed by atoms with E-state index in [0.29, 0.717) is 0 Å². The Morgan fingerprint density at radius 1 is 1.31 bits per heavy atom. The molecule has 1 heteroatoms. The van der Waals surface area contributed by atoms with Gasteiger partial charge in [0.1, 0.15) is 7.28 Å². The first-order valence-corrected chi connectivity index (χ1v) is 5.26. The zero-order chi connectivity index (χ0) is 9.42. The van der Waals surface area contributed by atoms with Crippen LogP contribution in [0.4, 0.5) is 0 Å². The second kappa shape index (κ2) is 3.21. The summed E-state index contributed by atoms with van der Waals surface area (Å²) >= 11 is 0. The van der Waals surface area contributed by atoms with E-state index in [2.05, 4.69) is 32.9 Å². The summed E-state index contributed by atoms with van der Waals surface area (Å²) in [5, 5.41) is 0. The summed E-state index contributed by atoms with van der Waals surface area (Å²) < 4.78 is 0. The third-order valence-electron chi connectivity index (χ3n) is 3.42. The number of fused-ring (bicyclic) bond motifs is 1. The smallest absolute Gasteiger partial charge is 0.0690 e. The van der Waals surface area contributed by atoms with Crippen LogP contribution < -0.4 is 0 Å². The van der Waals surface area contributed by atoms with Crippen molar-refractivity contribution in [1.82, 2.24) is 0 Å². The molecular formula is C12H17B. The molecule has 0 fully saturated rings. The van der Waals surface area contributed by atoms with Crippen LogP contribution in [0.5, 0.6) is 0 Å². The standard InChI is InChI=1S/C12H17B/c1-8-4-5-11-6-9(2)13-7-12(11)10(8)3/h4-5,9,13H,6-7H2,1-3H3. The normalized spacial score (nSPS) is 20.7. The first-order valence-electron chi connectivity index (χ1n) is 5.26. The average molecular weight is 172 g/mol. The number of hydrogen-bond donors (Lipinski definition) is 0. The Morgan fingerprint density at radius 3 is 2.85 bits per heavy atom. The molecule has 0 N–H and O–H groups in total. The summed E-state index contributed by atoms with van der Waals surface area (Å²) in [5.41, 5.74) is 6.22. The lowest BCUT2D eigenvalue weighted by atomic mass is 9.54. The molecule has 13 heavy (non-hydrogen) atoms. The monoisotopic (exact) mass is 172 g/mol. The van der Waals surface area contributed by atoms with Gasteiger partial charge >= 0.3 is 0 Å². The topological polar surface area (TPSA) is 0 Å². The van der Waals surface area contributed by atoms with Crippen LogP contribution in [0, 0.1) is 13.8 Å². The Kier molecular flexibility index (Phi) is 2.19. The summed E-state index contributed by atoms with van der Waals surface area (Å²) in [4.78, 5) is 0. The summed E-state index contributed by atoms with van der Waals surface area (Å²) in [7, 11) is 1.37. The molecule has 1 aromatic carbocycles. The van der Waals surface area contributed by atoms with Crippen molar-refractivity contribution in [3.05, 3.63) is 34.4 Å².